The first-order valence-corrected chi connectivity index (χ1v) is 6.09. The normalized spacial score (nSPS) is 35.1. The number of carbonyl (C=O) groups is 1. The van der Waals surface area contributed by atoms with Gasteiger partial charge in [-0.15, -0.1) is 0 Å². The van der Waals surface area contributed by atoms with Crippen molar-refractivity contribution in [2.45, 2.75) is 64.3 Å². The first-order chi connectivity index (χ1) is 7.38. The summed E-state index contributed by atoms with van der Waals surface area (Å²) in [6.07, 6.45) is 3.75. The van der Waals surface area contributed by atoms with Gasteiger partial charge in [0.05, 0.1) is 24.3 Å². The van der Waals surface area contributed by atoms with Crippen LogP contribution in [-0.4, -0.2) is 30.2 Å². The first kappa shape index (κ1) is 11.9. The summed E-state index contributed by atoms with van der Waals surface area (Å²) in [4.78, 5) is 11.9. The number of hydrogen-bond donors (Lipinski definition) is 2. The molecule has 0 aliphatic carbocycles. The Hall–Kier alpha value is -0.610. The van der Waals surface area contributed by atoms with Gasteiger partial charge < -0.3 is 15.8 Å². The number of rotatable bonds is 2. The van der Waals surface area contributed by atoms with Crippen LogP contribution in [0, 0.1) is 5.41 Å². The Kier molecular flexibility index (Phi) is 2.97. The highest BCUT2D eigenvalue weighted by Crippen LogP contribution is 2.34. The summed E-state index contributed by atoms with van der Waals surface area (Å²) in [7, 11) is 0. The number of nitrogens with two attached hydrogens (primary N) is 1. The highest BCUT2D eigenvalue weighted by Gasteiger charge is 2.42. The fourth-order valence-corrected chi connectivity index (χ4v) is 2.46. The SMILES string of the molecule is CC(C)(C)C(N)C(=O)NC1CC2CCC1O2. The molecule has 16 heavy (non-hydrogen) atoms. The number of ether oxygens (including phenoxy) is 1. The molecule has 0 aromatic heterocycles. The fraction of sp³-hybridized carbons (Fsp3) is 0.917. The molecule has 4 heteroatoms. The zero-order valence-electron chi connectivity index (χ0n) is 10.3. The molecule has 0 radical (unpaired) electrons. The zero-order valence-corrected chi connectivity index (χ0v) is 10.3. The van der Waals surface area contributed by atoms with E-state index in [0.29, 0.717) is 6.10 Å². The van der Waals surface area contributed by atoms with Crippen LogP contribution in [0.1, 0.15) is 40.0 Å². The van der Waals surface area contributed by atoms with Crippen molar-refractivity contribution in [3.8, 4) is 0 Å². The summed E-state index contributed by atoms with van der Waals surface area (Å²) in [6, 6.07) is -0.272. The number of hydrogen-bond acceptors (Lipinski definition) is 3. The Morgan fingerprint density at radius 2 is 2.12 bits per heavy atom. The van der Waals surface area contributed by atoms with Crippen LogP contribution in [0.2, 0.25) is 0 Å². The van der Waals surface area contributed by atoms with Gasteiger partial charge >= 0.3 is 0 Å². The Morgan fingerprint density at radius 3 is 2.56 bits per heavy atom. The molecule has 0 aromatic rings. The molecule has 4 nitrogen and oxygen atoms in total. The molecule has 1 amide bonds. The topological polar surface area (TPSA) is 64.4 Å². The monoisotopic (exact) mass is 226 g/mol. The Bertz CT molecular complexity index is 285. The van der Waals surface area contributed by atoms with Gasteiger partial charge in [0.25, 0.3) is 0 Å². The largest absolute Gasteiger partial charge is 0.373 e. The second kappa shape index (κ2) is 4.00. The lowest BCUT2D eigenvalue weighted by atomic mass is 9.86. The van der Waals surface area contributed by atoms with Crippen molar-refractivity contribution in [3.05, 3.63) is 0 Å². The zero-order chi connectivity index (χ0) is 11.9. The third kappa shape index (κ3) is 2.23. The van der Waals surface area contributed by atoms with Crippen molar-refractivity contribution >= 4 is 5.91 Å². The lowest BCUT2D eigenvalue weighted by Crippen LogP contribution is -2.53. The highest BCUT2D eigenvalue weighted by molar-refractivity contribution is 5.82. The summed E-state index contributed by atoms with van der Waals surface area (Å²) < 4.78 is 5.70. The van der Waals surface area contributed by atoms with Gasteiger partial charge in [0.15, 0.2) is 0 Å². The molecule has 2 heterocycles. The molecule has 2 aliphatic rings. The van der Waals surface area contributed by atoms with Gasteiger partial charge in [-0.3, -0.25) is 4.79 Å². The highest BCUT2D eigenvalue weighted by atomic mass is 16.5. The average molecular weight is 226 g/mol. The predicted octanol–water partition coefficient (Wildman–Crippen LogP) is 0.796. The smallest absolute Gasteiger partial charge is 0.237 e. The van der Waals surface area contributed by atoms with Crippen molar-refractivity contribution in [1.82, 2.24) is 5.32 Å². The van der Waals surface area contributed by atoms with Crippen molar-refractivity contribution in [2.75, 3.05) is 0 Å². The Balaban J connectivity index is 1.88. The summed E-state index contributed by atoms with van der Waals surface area (Å²) in [5.74, 6) is -0.0475. The average Bonchev–Trinajstić information content (AvgIpc) is 2.76. The van der Waals surface area contributed by atoms with Gasteiger partial charge in [-0.2, -0.15) is 0 Å². The van der Waals surface area contributed by atoms with E-state index in [1.807, 2.05) is 20.8 Å². The number of carbonyl (C=O) groups excluding carboxylic acids is 1. The molecule has 0 spiro atoms. The molecule has 4 atom stereocenters. The van der Waals surface area contributed by atoms with Crippen LogP contribution >= 0.6 is 0 Å². The minimum Gasteiger partial charge on any atom is -0.373 e. The van der Waals surface area contributed by atoms with E-state index < -0.39 is 6.04 Å². The lowest BCUT2D eigenvalue weighted by molar-refractivity contribution is -0.125. The second-order valence-corrected chi connectivity index (χ2v) is 6.07. The van der Waals surface area contributed by atoms with Gasteiger partial charge in [0.2, 0.25) is 5.91 Å². The van der Waals surface area contributed by atoms with E-state index in [0.717, 1.165) is 19.3 Å². The van der Waals surface area contributed by atoms with E-state index in [9.17, 15) is 4.79 Å². The van der Waals surface area contributed by atoms with Gasteiger partial charge in [-0.1, -0.05) is 20.8 Å². The molecule has 2 fully saturated rings. The molecule has 0 aromatic carbocycles. The maximum absolute atomic E-state index is 11.9. The van der Waals surface area contributed by atoms with E-state index in [1.165, 1.54) is 0 Å². The molecule has 2 aliphatic heterocycles. The lowest BCUT2D eigenvalue weighted by Gasteiger charge is -2.28. The van der Waals surface area contributed by atoms with Crippen molar-refractivity contribution in [1.29, 1.82) is 0 Å². The molecule has 2 bridgehead atoms. The van der Waals surface area contributed by atoms with E-state index in [1.54, 1.807) is 0 Å². The molecule has 4 unspecified atom stereocenters. The van der Waals surface area contributed by atoms with Crippen LogP contribution in [0.5, 0.6) is 0 Å². The summed E-state index contributed by atoms with van der Waals surface area (Å²) in [6.45, 7) is 5.94. The van der Waals surface area contributed by atoms with E-state index in [-0.39, 0.29) is 23.5 Å². The van der Waals surface area contributed by atoms with E-state index in [4.69, 9.17) is 10.5 Å². The first-order valence-electron chi connectivity index (χ1n) is 6.09. The van der Waals surface area contributed by atoms with Gasteiger partial charge in [-0.05, 0) is 24.7 Å². The van der Waals surface area contributed by atoms with Crippen LogP contribution in [0.15, 0.2) is 0 Å². The van der Waals surface area contributed by atoms with Gasteiger partial charge in [0.1, 0.15) is 0 Å². The Morgan fingerprint density at radius 1 is 1.44 bits per heavy atom. The number of amides is 1. The summed E-state index contributed by atoms with van der Waals surface area (Å²) in [5, 5.41) is 3.03. The molecular formula is C12H22N2O2. The van der Waals surface area contributed by atoms with Crippen molar-refractivity contribution in [3.63, 3.8) is 0 Å². The van der Waals surface area contributed by atoms with Crippen LogP contribution in [-0.2, 0) is 9.53 Å². The van der Waals surface area contributed by atoms with Crippen LogP contribution in [0.25, 0.3) is 0 Å². The number of fused-ring (bicyclic) bond motifs is 2. The van der Waals surface area contributed by atoms with E-state index >= 15 is 0 Å². The summed E-state index contributed by atoms with van der Waals surface area (Å²) >= 11 is 0. The van der Waals surface area contributed by atoms with Crippen LogP contribution in [0.3, 0.4) is 0 Å². The van der Waals surface area contributed by atoms with E-state index in [2.05, 4.69) is 5.32 Å². The molecule has 0 saturated carbocycles. The number of nitrogens with one attached hydrogen (secondary N) is 1. The molecular weight excluding hydrogens is 204 g/mol. The molecule has 2 rings (SSSR count). The van der Waals surface area contributed by atoms with Gasteiger partial charge in [0, 0.05) is 0 Å². The maximum Gasteiger partial charge on any atom is 0.237 e. The van der Waals surface area contributed by atoms with Crippen LogP contribution < -0.4 is 11.1 Å². The predicted molar refractivity (Wildman–Crippen MR) is 61.9 cm³/mol. The van der Waals surface area contributed by atoms with Crippen LogP contribution in [0.4, 0.5) is 0 Å². The minimum absolute atomic E-state index is 0.0475. The standard InChI is InChI=1S/C12H22N2O2/c1-12(2,3)10(13)11(15)14-8-6-7-4-5-9(8)16-7/h7-10H,4-6,13H2,1-3H3,(H,14,15). The Labute approximate surface area is 96.9 Å². The molecule has 2 saturated heterocycles. The van der Waals surface area contributed by atoms with Crippen molar-refractivity contribution in [2.24, 2.45) is 11.1 Å². The minimum atomic E-state index is -0.452. The quantitative estimate of drug-likeness (QED) is 0.732. The maximum atomic E-state index is 11.9. The molecule has 92 valence electrons. The molecule has 3 N–H and O–H groups in total. The third-order valence-electron chi connectivity index (χ3n) is 3.65. The van der Waals surface area contributed by atoms with Crippen molar-refractivity contribution < 1.29 is 9.53 Å². The second-order valence-electron chi connectivity index (χ2n) is 6.07. The summed E-state index contributed by atoms with van der Waals surface area (Å²) in [5.41, 5.74) is 5.73. The third-order valence-corrected chi connectivity index (χ3v) is 3.65. The van der Waals surface area contributed by atoms with Gasteiger partial charge in [-0.25, -0.2) is 0 Å². The fourth-order valence-electron chi connectivity index (χ4n) is 2.46.